The molecule has 20 heavy (non-hydrogen) atoms. The molecule has 0 aromatic heterocycles. The fourth-order valence-electron chi connectivity index (χ4n) is 1.57. The molecule has 0 amide bonds. The molecule has 0 unspecified atom stereocenters. The average molecular weight is 458 g/mol. The smallest absolute Gasteiger partial charge is 0.190 e. The van der Waals surface area contributed by atoms with Crippen molar-refractivity contribution in [1.82, 2.24) is 10.6 Å². The van der Waals surface area contributed by atoms with Gasteiger partial charge in [0.15, 0.2) is 5.96 Å². The zero-order valence-electron chi connectivity index (χ0n) is 12.0. The highest BCUT2D eigenvalue weighted by molar-refractivity contribution is 14.0. The van der Waals surface area contributed by atoms with Crippen LogP contribution in [0.1, 0.15) is 19.4 Å². The van der Waals surface area contributed by atoms with Gasteiger partial charge in [0.05, 0.1) is 0 Å². The highest BCUT2D eigenvalue weighted by Crippen LogP contribution is 2.15. The van der Waals surface area contributed by atoms with Gasteiger partial charge < -0.3 is 10.6 Å². The maximum atomic E-state index is 13.5. The van der Waals surface area contributed by atoms with E-state index in [2.05, 4.69) is 45.4 Å². The van der Waals surface area contributed by atoms with Crippen LogP contribution in [-0.4, -0.2) is 26.1 Å². The highest BCUT2D eigenvalue weighted by Gasteiger charge is 2.04. The first-order valence-corrected chi connectivity index (χ1v) is 7.20. The van der Waals surface area contributed by atoms with Gasteiger partial charge in [-0.3, -0.25) is 4.99 Å². The summed E-state index contributed by atoms with van der Waals surface area (Å²) in [5, 5.41) is 6.39. The molecule has 0 heterocycles. The van der Waals surface area contributed by atoms with Crippen molar-refractivity contribution in [3.05, 3.63) is 34.1 Å². The standard InChI is InChI=1S/C14H21BrFN3.HI/c1-10(2)9-19-14(17-3)18-7-6-11-8-12(15)4-5-13(11)16;/h4-5,8,10H,6-7,9H2,1-3H3,(H2,17,18,19);1H. The fraction of sp³-hybridized carbons (Fsp3) is 0.500. The molecule has 3 nitrogen and oxygen atoms in total. The molecule has 0 saturated carbocycles. The Balaban J connectivity index is 0.00000361. The van der Waals surface area contributed by atoms with Gasteiger partial charge in [-0.15, -0.1) is 24.0 Å². The highest BCUT2D eigenvalue weighted by atomic mass is 127. The van der Waals surface area contributed by atoms with Gasteiger partial charge in [-0.1, -0.05) is 29.8 Å². The van der Waals surface area contributed by atoms with Crippen molar-refractivity contribution in [3.63, 3.8) is 0 Å². The summed E-state index contributed by atoms with van der Waals surface area (Å²) in [5.41, 5.74) is 0.696. The van der Waals surface area contributed by atoms with E-state index in [1.807, 2.05) is 0 Å². The second-order valence-corrected chi connectivity index (χ2v) is 5.68. The summed E-state index contributed by atoms with van der Waals surface area (Å²) in [6.45, 7) is 5.78. The molecular weight excluding hydrogens is 436 g/mol. The van der Waals surface area contributed by atoms with Crippen LogP contribution in [0.25, 0.3) is 0 Å². The number of halogens is 3. The van der Waals surface area contributed by atoms with Crippen molar-refractivity contribution < 1.29 is 4.39 Å². The van der Waals surface area contributed by atoms with Crippen molar-refractivity contribution in [2.24, 2.45) is 10.9 Å². The first-order valence-electron chi connectivity index (χ1n) is 6.41. The van der Waals surface area contributed by atoms with Crippen molar-refractivity contribution >= 4 is 45.9 Å². The third kappa shape index (κ3) is 7.42. The van der Waals surface area contributed by atoms with Crippen molar-refractivity contribution in [1.29, 1.82) is 0 Å². The van der Waals surface area contributed by atoms with Crippen LogP contribution in [0.3, 0.4) is 0 Å². The lowest BCUT2D eigenvalue weighted by Gasteiger charge is -2.13. The number of guanidine groups is 1. The van der Waals surface area contributed by atoms with Crippen LogP contribution in [0.15, 0.2) is 27.7 Å². The zero-order chi connectivity index (χ0) is 14.3. The van der Waals surface area contributed by atoms with Gasteiger partial charge in [-0.25, -0.2) is 4.39 Å². The molecule has 1 rings (SSSR count). The number of rotatable bonds is 5. The van der Waals surface area contributed by atoms with Crippen LogP contribution in [0.4, 0.5) is 4.39 Å². The van der Waals surface area contributed by atoms with Crippen LogP contribution in [0.2, 0.25) is 0 Å². The summed E-state index contributed by atoms with van der Waals surface area (Å²) in [6.07, 6.45) is 0.619. The first-order chi connectivity index (χ1) is 9.02. The molecule has 0 bridgehead atoms. The van der Waals surface area contributed by atoms with E-state index in [-0.39, 0.29) is 29.8 Å². The number of hydrogen-bond acceptors (Lipinski definition) is 1. The first kappa shape index (κ1) is 19.6. The SMILES string of the molecule is CN=C(NCCc1cc(Br)ccc1F)NCC(C)C.I. The van der Waals surface area contributed by atoms with Crippen LogP contribution in [0.5, 0.6) is 0 Å². The van der Waals surface area contributed by atoms with Gasteiger partial charge in [-0.2, -0.15) is 0 Å². The van der Waals surface area contributed by atoms with Crippen LogP contribution in [-0.2, 0) is 6.42 Å². The number of nitrogens with one attached hydrogen (secondary N) is 2. The van der Waals surface area contributed by atoms with E-state index in [0.717, 1.165) is 17.0 Å². The topological polar surface area (TPSA) is 36.4 Å². The Morgan fingerprint density at radius 1 is 1.35 bits per heavy atom. The predicted octanol–water partition coefficient (Wildman–Crippen LogP) is 3.57. The number of nitrogens with zero attached hydrogens (tertiary/aromatic N) is 1. The van der Waals surface area contributed by atoms with E-state index in [1.165, 1.54) is 6.07 Å². The van der Waals surface area contributed by atoms with Gasteiger partial charge in [0.25, 0.3) is 0 Å². The normalized spacial score (nSPS) is 11.2. The van der Waals surface area contributed by atoms with Crippen molar-refractivity contribution in [2.75, 3.05) is 20.1 Å². The Morgan fingerprint density at radius 3 is 2.65 bits per heavy atom. The van der Waals surface area contributed by atoms with E-state index in [1.54, 1.807) is 19.2 Å². The molecule has 0 fully saturated rings. The summed E-state index contributed by atoms with van der Waals surface area (Å²) in [4.78, 5) is 4.12. The molecule has 0 atom stereocenters. The minimum Gasteiger partial charge on any atom is -0.356 e. The van der Waals surface area contributed by atoms with E-state index in [9.17, 15) is 4.39 Å². The lowest BCUT2D eigenvalue weighted by molar-refractivity contribution is 0.601. The summed E-state index contributed by atoms with van der Waals surface area (Å²) >= 11 is 3.35. The lowest BCUT2D eigenvalue weighted by Crippen LogP contribution is -2.39. The Hall–Kier alpha value is -0.370. The minimum atomic E-state index is -0.171. The van der Waals surface area contributed by atoms with Gasteiger partial charge in [0.2, 0.25) is 0 Å². The molecule has 0 saturated heterocycles. The Kier molecular flexibility index (Phi) is 10.2. The third-order valence-electron chi connectivity index (χ3n) is 2.60. The molecule has 0 aliphatic carbocycles. The summed E-state index contributed by atoms with van der Waals surface area (Å²) < 4.78 is 14.4. The lowest BCUT2D eigenvalue weighted by atomic mass is 10.1. The Labute approximate surface area is 146 Å². The van der Waals surface area contributed by atoms with Gasteiger partial charge in [-0.05, 0) is 36.1 Å². The van der Waals surface area contributed by atoms with Gasteiger partial charge in [0.1, 0.15) is 5.82 Å². The summed E-state index contributed by atoms with van der Waals surface area (Å²) in [5.74, 6) is 1.14. The predicted molar refractivity (Wildman–Crippen MR) is 97.4 cm³/mol. The largest absolute Gasteiger partial charge is 0.356 e. The zero-order valence-corrected chi connectivity index (χ0v) is 16.0. The molecule has 114 valence electrons. The van der Waals surface area contributed by atoms with Gasteiger partial charge in [0, 0.05) is 24.6 Å². The molecular formula is C14H22BrFIN3. The Morgan fingerprint density at radius 2 is 2.05 bits per heavy atom. The molecule has 2 N–H and O–H groups in total. The quantitative estimate of drug-likeness (QED) is 0.403. The van der Waals surface area contributed by atoms with E-state index < -0.39 is 0 Å². The second kappa shape index (κ2) is 10.4. The maximum absolute atomic E-state index is 13.5. The van der Waals surface area contributed by atoms with Crippen molar-refractivity contribution in [3.8, 4) is 0 Å². The molecule has 6 heteroatoms. The molecule has 0 aliphatic rings. The number of hydrogen-bond donors (Lipinski definition) is 2. The van der Waals surface area contributed by atoms with Crippen LogP contribution in [0, 0.1) is 11.7 Å². The molecule has 0 aliphatic heterocycles. The Bertz CT molecular complexity index is 438. The fourth-order valence-corrected chi connectivity index (χ4v) is 1.98. The monoisotopic (exact) mass is 457 g/mol. The molecule has 0 radical (unpaired) electrons. The number of benzene rings is 1. The minimum absolute atomic E-state index is 0. The molecule has 1 aromatic carbocycles. The third-order valence-corrected chi connectivity index (χ3v) is 3.09. The number of aliphatic imine (C=N–C) groups is 1. The summed E-state index contributed by atoms with van der Waals surface area (Å²) in [7, 11) is 1.73. The molecule has 0 spiro atoms. The second-order valence-electron chi connectivity index (χ2n) is 4.76. The van der Waals surface area contributed by atoms with Gasteiger partial charge >= 0.3 is 0 Å². The van der Waals surface area contributed by atoms with Crippen LogP contribution >= 0.6 is 39.9 Å². The van der Waals surface area contributed by atoms with Crippen molar-refractivity contribution in [2.45, 2.75) is 20.3 Å². The van der Waals surface area contributed by atoms with E-state index in [4.69, 9.17) is 0 Å². The van der Waals surface area contributed by atoms with E-state index in [0.29, 0.717) is 24.4 Å². The van der Waals surface area contributed by atoms with E-state index >= 15 is 0 Å². The molecule has 1 aromatic rings. The average Bonchev–Trinajstić information content (AvgIpc) is 2.37. The van der Waals surface area contributed by atoms with Crippen LogP contribution < -0.4 is 10.6 Å². The summed E-state index contributed by atoms with van der Waals surface area (Å²) in [6, 6.07) is 4.99. The maximum Gasteiger partial charge on any atom is 0.190 e.